The lowest BCUT2D eigenvalue weighted by Gasteiger charge is -2.07. The van der Waals surface area contributed by atoms with Gasteiger partial charge in [0.05, 0.1) is 11.0 Å². The molecule has 2 aromatic carbocycles. The Bertz CT molecular complexity index is 788. The fourth-order valence-electron chi connectivity index (χ4n) is 2.51. The summed E-state index contributed by atoms with van der Waals surface area (Å²) in [5, 5.41) is 3.81. The normalized spacial score (nSPS) is 10.9. The first-order valence-corrected chi connectivity index (χ1v) is 8.54. The van der Waals surface area contributed by atoms with Gasteiger partial charge in [0.25, 0.3) is 0 Å². The number of H-pyrrole nitrogens is 1. The Morgan fingerprint density at radius 2 is 1.91 bits per heavy atom. The van der Waals surface area contributed by atoms with Crippen molar-refractivity contribution in [1.82, 2.24) is 9.97 Å². The molecule has 0 aliphatic carbocycles. The van der Waals surface area contributed by atoms with Crippen molar-refractivity contribution in [1.29, 1.82) is 0 Å². The molecule has 0 saturated carbocycles. The highest BCUT2D eigenvalue weighted by molar-refractivity contribution is 7.99. The number of nitrogens with zero attached hydrogens (tertiary/aromatic N) is 1. The summed E-state index contributed by atoms with van der Waals surface area (Å²) in [5.74, 6) is 0.717. The molecular formula is C18H19N3OS. The molecule has 3 rings (SSSR count). The lowest BCUT2D eigenvalue weighted by molar-refractivity contribution is -0.115. The van der Waals surface area contributed by atoms with Crippen LogP contribution in [0, 0.1) is 13.8 Å². The van der Waals surface area contributed by atoms with Crippen LogP contribution in [-0.2, 0) is 4.79 Å². The molecule has 1 heterocycles. The van der Waals surface area contributed by atoms with Gasteiger partial charge in [0.2, 0.25) is 5.91 Å². The molecular weight excluding hydrogens is 306 g/mol. The third-order valence-electron chi connectivity index (χ3n) is 3.44. The molecule has 0 unspecified atom stereocenters. The van der Waals surface area contributed by atoms with Gasteiger partial charge in [-0.3, -0.25) is 4.79 Å². The third kappa shape index (κ3) is 4.13. The molecule has 5 heteroatoms. The second-order valence-corrected chi connectivity index (χ2v) is 6.67. The molecule has 3 aromatic rings. The highest BCUT2D eigenvalue weighted by Gasteiger charge is 2.06. The van der Waals surface area contributed by atoms with Crippen molar-refractivity contribution in [3.05, 3.63) is 53.6 Å². The van der Waals surface area contributed by atoms with Gasteiger partial charge in [-0.15, -0.1) is 0 Å². The van der Waals surface area contributed by atoms with Gasteiger partial charge < -0.3 is 10.3 Å². The van der Waals surface area contributed by atoms with Crippen LogP contribution in [0.2, 0.25) is 0 Å². The molecule has 2 N–H and O–H groups in total. The largest absolute Gasteiger partial charge is 0.333 e. The number of carbonyl (C=O) groups excluding carboxylic acids is 1. The van der Waals surface area contributed by atoms with Crippen molar-refractivity contribution in [2.24, 2.45) is 0 Å². The van der Waals surface area contributed by atoms with Gasteiger partial charge >= 0.3 is 0 Å². The summed E-state index contributed by atoms with van der Waals surface area (Å²) in [6.07, 6.45) is 0.453. The van der Waals surface area contributed by atoms with Gasteiger partial charge in [-0.25, -0.2) is 4.98 Å². The molecule has 0 bridgehead atoms. The fraction of sp³-hybridized carbons (Fsp3) is 0.222. The highest BCUT2D eigenvalue weighted by Crippen LogP contribution is 2.20. The van der Waals surface area contributed by atoms with Gasteiger partial charge in [0.15, 0.2) is 5.16 Å². The van der Waals surface area contributed by atoms with E-state index in [0.717, 1.165) is 33.0 Å². The van der Waals surface area contributed by atoms with Crippen LogP contribution in [0.1, 0.15) is 17.5 Å². The van der Waals surface area contributed by atoms with Crippen LogP contribution in [-0.4, -0.2) is 21.6 Å². The minimum absolute atomic E-state index is 0.0265. The lowest BCUT2D eigenvalue weighted by atomic mass is 10.1. The molecule has 4 nitrogen and oxygen atoms in total. The van der Waals surface area contributed by atoms with Gasteiger partial charge in [-0.2, -0.15) is 0 Å². The number of carbonyl (C=O) groups is 1. The predicted molar refractivity (Wildman–Crippen MR) is 96.0 cm³/mol. The van der Waals surface area contributed by atoms with Crippen LogP contribution in [0.4, 0.5) is 5.69 Å². The first-order chi connectivity index (χ1) is 11.1. The van der Waals surface area contributed by atoms with E-state index < -0.39 is 0 Å². The van der Waals surface area contributed by atoms with E-state index in [0.29, 0.717) is 12.2 Å². The topological polar surface area (TPSA) is 57.8 Å². The maximum atomic E-state index is 12.0. The monoisotopic (exact) mass is 325 g/mol. The zero-order chi connectivity index (χ0) is 16.2. The maximum absolute atomic E-state index is 12.0. The molecule has 0 aliphatic rings. The number of aromatic amines is 1. The smallest absolute Gasteiger partial charge is 0.225 e. The number of thioether (sulfide) groups is 1. The van der Waals surface area contributed by atoms with E-state index in [2.05, 4.69) is 21.4 Å². The molecule has 118 valence electrons. The Labute approximate surface area is 139 Å². The summed E-state index contributed by atoms with van der Waals surface area (Å²) in [7, 11) is 0. The first kappa shape index (κ1) is 15.6. The summed E-state index contributed by atoms with van der Waals surface area (Å²) in [6, 6.07) is 14.0. The number of benzene rings is 2. The number of aryl methyl sites for hydroxylation is 2. The standard InChI is InChI=1S/C18H19N3OS/c1-12-9-13(2)11-14(10-12)19-17(22)7-8-23-18-20-15-5-3-4-6-16(15)21-18/h3-6,9-11H,7-8H2,1-2H3,(H,19,22)(H,20,21). The number of hydrogen-bond acceptors (Lipinski definition) is 3. The van der Waals surface area contributed by atoms with Crippen LogP contribution >= 0.6 is 11.8 Å². The molecule has 0 radical (unpaired) electrons. The molecule has 23 heavy (non-hydrogen) atoms. The van der Waals surface area contributed by atoms with Gasteiger partial charge in [-0.05, 0) is 49.2 Å². The molecule has 0 saturated heterocycles. The zero-order valence-electron chi connectivity index (χ0n) is 13.2. The number of amides is 1. The number of imidazole rings is 1. The van der Waals surface area contributed by atoms with Crippen LogP contribution in [0.25, 0.3) is 11.0 Å². The number of para-hydroxylation sites is 2. The van der Waals surface area contributed by atoms with E-state index in [1.54, 1.807) is 11.8 Å². The summed E-state index contributed by atoms with van der Waals surface area (Å²) in [6.45, 7) is 4.06. The molecule has 1 aromatic heterocycles. The lowest BCUT2D eigenvalue weighted by Crippen LogP contribution is -2.12. The number of aromatic nitrogens is 2. The second-order valence-electron chi connectivity index (χ2n) is 5.58. The van der Waals surface area contributed by atoms with Gasteiger partial charge in [0, 0.05) is 17.9 Å². The van der Waals surface area contributed by atoms with Crippen LogP contribution < -0.4 is 5.32 Å². The Kier molecular flexibility index (Phi) is 4.67. The zero-order valence-corrected chi connectivity index (χ0v) is 14.0. The number of hydrogen-bond donors (Lipinski definition) is 2. The first-order valence-electron chi connectivity index (χ1n) is 7.56. The van der Waals surface area contributed by atoms with E-state index in [-0.39, 0.29) is 5.91 Å². The Morgan fingerprint density at radius 1 is 1.17 bits per heavy atom. The summed E-state index contributed by atoms with van der Waals surface area (Å²) in [4.78, 5) is 19.8. The van der Waals surface area contributed by atoms with Gasteiger partial charge in [-0.1, -0.05) is 30.0 Å². The molecule has 0 fully saturated rings. The molecule has 0 atom stereocenters. The minimum Gasteiger partial charge on any atom is -0.333 e. The number of anilines is 1. The molecule has 0 spiro atoms. The maximum Gasteiger partial charge on any atom is 0.225 e. The van der Waals surface area contributed by atoms with Crippen molar-refractivity contribution in [2.45, 2.75) is 25.4 Å². The second kappa shape index (κ2) is 6.87. The summed E-state index contributed by atoms with van der Waals surface area (Å²) < 4.78 is 0. The Morgan fingerprint density at radius 3 is 2.65 bits per heavy atom. The average molecular weight is 325 g/mol. The van der Waals surface area contributed by atoms with Crippen molar-refractivity contribution >= 4 is 34.4 Å². The van der Waals surface area contributed by atoms with Crippen molar-refractivity contribution < 1.29 is 4.79 Å². The van der Waals surface area contributed by atoms with E-state index in [4.69, 9.17) is 0 Å². The SMILES string of the molecule is Cc1cc(C)cc(NC(=O)CCSc2nc3ccccc3[nH]2)c1. The molecule has 0 aliphatic heterocycles. The van der Waals surface area contributed by atoms with Crippen molar-refractivity contribution in [3.63, 3.8) is 0 Å². The molecule has 1 amide bonds. The van der Waals surface area contributed by atoms with Crippen molar-refractivity contribution in [2.75, 3.05) is 11.1 Å². The number of nitrogens with one attached hydrogen (secondary N) is 2. The van der Waals surface area contributed by atoms with Gasteiger partial charge in [0.1, 0.15) is 0 Å². The predicted octanol–water partition coefficient (Wildman–Crippen LogP) is 4.30. The fourth-order valence-corrected chi connectivity index (χ4v) is 3.33. The van der Waals surface area contributed by atoms with Crippen molar-refractivity contribution in [3.8, 4) is 0 Å². The summed E-state index contributed by atoms with van der Waals surface area (Å²) >= 11 is 1.56. The van der Waals surface area contributed by atoms with E-state index >= 15 is 0 Å². The Hall–Kier alpha value is -2.27. The minimum atomic E-state index is 0.0265. The van der Waals surface area contributed by atoms with Crippen LogP contribution in [0.3, 0.4) is 0 Å². The average Bonchev–Trinajstić information content (AvgIpc) is 2.88. The van der Waals surface area contributed by atoms with Crippen LogP contribution in [0.5, 0.6) is 0 Å². The number of fused-ring (bicyclic) bond motifs is 1. The number of rotatable bonds is 5. The van der Waals surface area contributed by atoms with E-state index in [1.807, 2.05) is 50.2 Å². The van der Waals surface area contributed by atoms with Crippen LogP contribution in [0.15, 0.2) is 47.6 Å². The van der Waals surface area contributed by atoms with E-state index in [9.17, 15) is 4.79 Å². The quantitative estimate of drug-likeness (QED) is 0.688. The summed E-state index contributed by atoms with van der Waals surface area (Å²) in [5.41, 5.74) is 5.14. The highest BCUT2D eigenvalue weighted by atomic mass is 32.2. The third-order valence-corrected chi connectivity index (χ3v) is 4.32. The van der Waals surface area contributed by atoms with E-state index in [1.165, 1.54) is 0 Å². The Balaban J connectivity index is 1.52.